The third-order valence-electron chi connectivity index (χ3n) is 8.36. The summed E-state index contributed by atoms with van der Waals surface area (Å²) in [6.45, 7) is 3.79. The Morgan fingerprint density at radius 3 is 2.50 bits per heavy atom. The van der Waals surface area contributed by atoms with Gasteiger partial charge in [0, 0.05) is 36.7 Å². The molecule has 4 rings (SSSR count). The number of carbonyl (C=O) groups excluding carboxylic acids is 2. The van der Waals surface area contributed by atoms with E-state index in [1.807, 2.05) is 6.92 Å². The maximum atomic E-state index is 13.5. The van der Waals surface area contributed by atoms with Crippen LogP contribution in [0.15, 0.2) is 47.4 Å². The van der Waals surface area contributed by atoms with Gasteiger partial charge >= 0.3 is 0 Å². The first-order chi connectivity index (χ1) is 20.0. The monoisotopic (exact) mass is 601 g/mol. The highest BCUT2D eigenvalue weighted by atomic mass is 32.2. The number of aliphatic hydroxyl groups is 1. The number of carbonyl (C=O) groups is 2. The minimum absolute atomic E-state index is 0.0163. The Morgan fingerprint density at radius 2 is 1.86 bits per heavy atom. The number of benzene rings is 2. The van der Waals surface area contributed by atoms with Crippen LogP contribution in [0.3, 0.4) is 0 Å². The van der Waals surface area contributed by atoms with Gasteiger partial charge in [0.1, 0.15) is 17.6 Å². The van der Waals surface area contributed by atoms with E-state index in [1.165, 1.54) is 30.6 Å². The summed E-state index contributed by atoms with van der Waals surface area (Å²) < 4.78 is 39.7. The van der Waals surface area contributed by atoms with Crippen LogP contribution >= 0.6 is 0 Å². The third kappa shape index (κ3) is 7.43. The Bertz CT molecular complexity index is 1340. The molecule has 0 aromatic heterocycles. The zero-order chi connectivity index (χ0) is 30.4. The second kappa shape index (κ2) is 13.9. The molecule has 11 heteroatoms. The molecular formula is C31H43N3O7S. The largest absolute Gasteiger partial charge is 0.497 e. The van der Waals surface area contributed by atoms with E-state index in [0.29, 0.717) is 22.7 Å². The normalized spacial score (nSPS) is 21.0. The van der Waals surface area contributed by atoms with E-state index < -0.39 is 22.2 Å². The Balaban J connectivity index is 1.61. The highest BCUT2D eigenvalue weighted by Crippen LogP contribution is 2.31. The molecule has 42 heavy (non-hydrogen) atoms. The van der Waals surface area contributed by atoms with Crippen LogP contribution in [0.2, 0.25) is 0 Å². The van der Waals surface area contributed by atoms with Crippen molar-refractivity contribution in [3.8, 4) is 11.5 Å². The number of amides is 2. The maximum Gasteiger partial charge on any atom is 0.242 e. The topological polar surface area (TPSA) is 125 Å². The molecule has 1 aliphatic heterocycles. The van der Waals surface area contributed by atoms with Gasteiger partial charge in [-0.15, -0.1) is 0 Å². The van der Waals surface area contributed by atoms with Gasteiger partial charge in [-0.1, -0.05) is 26.2 Å². The van der Waals surface area contributed by atoms with Gasteiger partial charge in [0.15, 0.2) is 0 Å². The molecule has 0 unspecified atom stereocenters. The lowest BCUT2D eigenvalue weighted by molar-refractivity contribution is -0.134. The van der Waals surface area contributed by atoms with Crippen molar-refractivity contribution in [3.63, 3.8) is 0 Å². The molecule has 230 valence electrons. The van der Waals surface area contributed by atoms with Crippen LogP contribution in [0, 0.1) is 11.8 Å². The zero-order valence-corrected chi connectivity index (χ0v) is 25.7. The number of sulfonamides is 1. The van der Waals surface area contributed by atoms with E-state index in [1.54, 1.807) is 42.2 Å². The lowest BCUT2D eigenvalue weighted by Crippen LogP contribution is -2.48. The summed E-state index contributed by atoms with van der Waals surface area (Å²) in [4.78, 5) is 28.2. The molecule has 1 saturated carbocycles. The van der Waals surface area contributed by atoms with Gasteiger partial charge < -0.3 is 24.8 Å². The highest BCUT2D eigenvalue weighted by molar-refractivity contribution is 7.89. The first-order valence-corrected chi connectivity index (χ1v) is 16.1. The number of rotatable bonds is 9. The Hall–Kier alpha value is -3.15. The number of aliphatic hydroxyl groups excluding tert-OH is 1. The number of fused-ring (bicyclic) bond motifs is 1. The molecule has 1 heterocycles. The van der Waals surface area contributed by atoms with Crippen LogP contribution < -0.4 is 14.8 Å². The number of ether oxygens (including phenoxy) is 2. The van der Waals surface area contributed by atoms with Crippen LogP contribution in [-0.4, -0.2) is 80.5 Å². The molecule has 2 aliphatic rings. The molecule has 1 aliphatic carbocycles. The lowest BCUT2D eigenvalue weighted by Gasteiger charge is -2.33. The Labute approximate surface area is 249 Å². The summed E-state index contributed by atoms with van der Waals surface area (Å²) >= 11 is 0. The first kappa shape index (κ1) is 31.8. The van der Waals surface area contributed by atoms with Crippen molar-refractivity contribution >= 4 is 27.5 Å². The van der Waals surface area contributed by atoms with Crippen molar-refractivity contribution in [2.75, 3.05) is 39.2 Å². The molecule has 2 aromatic rings. The highest BCUT2D eigenvalue weighted by Gasteiger charge is 2.33. The minimum Gasteiger partial charge on any atom is -0.497 e. The van der Waals surface area contributed by atoms with Gasteiger partial charge in [-0.25, -0.2) is 8.42 Å². The van der Waals surface area contributed by atoms with Crippen LogP contribution in [-0.2, 0) is 26.0 Å². The predicted octanol–water partition coefficient (Wildman–Crippen LogP) is 3.68. The van der Waals surface area contributed by atoms with E-state index in [2.05, 4.69) is 5.32 Å². The van der Waals surface area contributed by atoms with E-state index in [4.69, 9.17) is 9.47 Å². The maximum absolute atomic E-state index is 13.5. The van der Waals surface area contributed by atoms with E-state index >= 15 is 0 Å². The van der Waals surface area contributed by atoms with Crippen LogP contribution in [0.5, 0.6) is 11.5 Å². The summed E-state index contributed by atoms with van der Waals surface area (Å²) in [5.41, 5.74) is 1.18. The van der Waals surface area contributed by atoms with E-state index in [0.717, 1.165) is 32.1 Å². The van der Waals surface area contributed by atoms with Gasteiger partial charge in [-0.3, -0.25) is 9.59 Å². The number of nitrogens with one attached hydrogen (secondary N) is 1. The van der Waals surface area contributed by atoms with Crippen LogP contribution in [0.1, 0.15) is 51.5 Å². The number of anilines is 1. The zero-order valence-electron chi connectivity index (χ0n) is 24.9. The van der Waals surface area contributed by atoms with Crippen molar-refractivity contribution in [1.29, 1.82) is 0 Å². The van der Waals surface area contributed by atoms with Crippen molar-refractivity contribution < 1.29 is 32.6 Å². The summed E-state index contributed by atoms with van der Waals surface area (Å²) in [5.74, 6) is 0.536. The van der Waals surface area contributed by atoms with E-state index in [-0.39, 0.29) is 54.7 Å². The second-order valence-electron chi connectivity index (χ2n) is 11.5. The molecule has 3 atom stereocenters. The summed E-state index contributed by atoms with van der Waals surface area (Å²) in [6, 6.07) is 11.0. The van der Waals surface area contributed by atoms with Gasteiger partial charge in [0.25, 0.3) is 0 Å². The number of nitrogens with zero attached hydrogens (tertiary/aromatic N) is 2. The fraction of sp³-hybridized carbons (Fsp3) is 0.548. The van der Waals surface area contributed by atoms with Crippen molar-refractivity contribution in [2.45, 2.75) is 69.4 Å². The van der Waals surface area contributed by atoms with Crippen LogP contribution in [0.4, 0.5) is 5.69 Å². The van der Waals surface area contributed by atoms with Crippen molar-refractivity contribution in [1.82, 2.24) is 9.21 Å². The molecule has 0 radical (unpaired) electrons. The molecule has 2 N–H and O–H groups in total. The molecule has 10 nitrogen and oxygen atoms in total. The standard InChI is InChI=1S/C31H43N3O7S/c1-21-18-34(22(2)20-35)30(36)17-24-16-25(32-31(37)23-8-6-5-7-9-23)10-15-28(24)41-29(21)19-33(3)42(38,39)27-13-11-26(40-4)12-14-27/h10-16,21-23,29,35H,5-9,17-20H2,1-4H3,(H,32,37)/t21-,22-,29-/m1/s1. The SMILES string of the molecule is COc1ccc(S(=O)(=O)N(C)C[C@H]2Oc3ccc(NC(=O)C4CCCCC4)cc3CC(=O)N([C@H](C)CO)C[C@H]2C)cc1. The predicted molar refractivity (Wildman–Crippen MR) is 160 cm³/mol. The van der Waals surface area contributed by atoms with Gasteiger partial charge in [-0.05, 0) is 62.2 Å². The first-order valence-electron chi connectivity index (χ1n) is 14.6. The Kier molecular flexibility index (Phi) is 10.5. The number of likely N-dealkylation sites (N-methyl/N-ethyl adjacent to an activating group) is 1. The van der Waals surface area contributed by atoms with Gasteiger partial charge in [0.05, 0.1) is 37.6 Å². The van der Waals surface area contributed by atoms with Crippen molar-refractivity contribution in [3.05, 3.63) is 48.0 Å². The molecular weight excluding hydrogens is 558 g/mol. The lowest BCUT2D eigenvalue weighted by atomic mass is 9.88. The fourth-order valence-electron chi connectivity index (χ4n) is 5.61. The quantitative estimate of drug-likeness (QED) is 0.449. The average molecular weight is 602 g/mol. The summed E-state index contributed by atoms with van der Waals surface area (Å²) in [7, 11) is -0.818. The van der Waals surface area contributed by atoms with Crippen molar-refractivity contribution in [2.24, 2.45) is 11.8 Å². The number of hydrogen-bond donors (Lipinski definition) is 2. The molecule has 0 spiro atoms. The minimum atomic E-state index is -3.84. The smallest absolute Gasteiger partial charge is 0.242 e. The summed E-state index contributed by atoms with van der Waals surface area (Å²) in [5, 5.41) is 12.9. The molecule has 0 saturated heterocycles. The summed E-state index contributed by atoms with van der Waals surface area (Å²) in [6.07, 6.45) is 4.41. The van der Waals surface area contributed by atoms with Crippen LogP contribution in [0.25, 0.3) is 0 Å². The Morgan fingerprint density at radius 1 is 1.17 bits per heavy atom. The van der Waals surface area contributed by atoms with Gasteiger partial charge in [0.2, 0.25) is 21.8 Å². The fourth-order valence-corrected chi connectivity index (χ4v) is 6.80. The third-order valence-corrected chi connectivity index (χ3v) is 10.2. The van der Waals surface area contributed by atoms with Gasteiger partial charge in [-0.2, -0.15) is 4.31 Å². The average Bonchev–Trinajstić information content (AvgIpc) is 3.04. The molecule has 2 aromatic carbocycles. The van der Waals surface area contributed by atoms with E-state index in [9.17, 15) is 23.1 Å². The second-order valence-corrected chi connectivity index (χ2v) is 13.5. The number of hydrogen-bond acceptors (Lipinski definition) is 7. The molecule has 1 fully saturated rings. The number of methoxy groups -OCH3 is 1. The molecule has 0 bridgehead atoms. The molecule has 2 amide bonds.